The van der Waals surface area contributed by atoms with Crippen molar-refractivity contribution in [3.8, 4) is 5.75 Å². The van der Waals surface area contributed by atoms with Gasteiger partial charge in [-0.15, -0.1) is 5.10 Å². The van der Waals surface area contributed by atoms with Gasteiger partial charge in [-0.3, -0.25) is 5.10 Å². The molecule has 7 nitrogen and oxygen atoms in total. The fourth-order valence-electron chi connectivity index (χ4n) is 2.65. The van der Waals surface area contributed by atoms with Crippen molar-refractivity contribution in [3.63, 3.8) is 0 Å². The quantitative estimate of drug-likeness (QED) is 0.493. The summed E-state index contributed by atoms with van der Waals surface area (Å²) in [5.74, 6) is 0.0518. The smallest absolute Gasteiger partial charge is 0.213 e. The number of hydrogen-bond donors (Lipinski definition) is 1. The third-order valence-corrected chi connectivity index (χ3v) is 4.90. The summed E-state index contributed by atoms with van der Waals surface area (Å²) in [5.41, 5.74) is 1.68. The second-order valence-corrected chi connectivity index (χ2v) is 6.82. The van der Waals surface area contributed by atoms with Gasteiger partial charge in [0, 0.05) is 41.7 Å². The molecular formula is C19H25N4O3S-. The Morgan fingerprint density at radius 1 is 1.33 bits per heavy atom. The van der Waals surface area contributed by atoms with E-state index in [1.807, 2.05) is 25.1 Å². The number of carboxylic acid groups (broad SMARTS) is 1. The summed E-state index contributed by atoms with van der Waals surface area (Å²) in [6.07, 6.45) is 3.22. The number of rotatable bonds is 10. The van der Waals surface area contributed by atoms with Gasteiger partial charge in [-0.2, -0.15) is 0 Å². The molecule has 0 aliphatic heterocycles. The summed E-state index contributed by atoms with van der Waals surface area (Å²) in [4.78, 5) is 18.1. The molecule has 8 heteroatoms. The summed E-state index contributed by atoms with van der Waals surface area (Å²) in [5, 5.41) is 18.8. The number of carboxylic acids is 1. The fraction of sp³-hybridized carbons (Fsp3) is 0.421. The topological polar surface area (TPSA) is 94.2 Å². The first-order chi connectivity index (χ1) is 13.0. The maximum absolute atomic E-state index is 11.6. The molecule has 1 aromatic heterocycles. The van der Waals surface area contributed by atoms with Crippen LogP contribution in [0, 0.1) is 0 Å². The van der Waals surface area contributed by atoms with E-state index < -0.39 is 5.97 Å². The Balaban J connectivity index is 2.31. The molecule has 1 N–H and O–H groups in total. The van der Waals surface area contributed by atoms with Gasteiger partial charge in [-0.1, -0.05) is 6.92 Å². The summed E-state index contributed by atoms with van der Waals surface area (Å²) in [6, 6.07) is 5.70. The number of thioether (sulfide) groups is 1. The molecule has 0 amide bonds. The van der Waals surface area contributed by atoms with E-state index in [1.165, 1.54) is 6.08 Å². The van der Waals surface area contributed by atoms with Crippen LogP contribution in [-0.2, 0) is 11.2 Å². The van der Waals surface area contributed by atoms with Crippen molar-refractivity contribution in [2.45, 2.75) is 38.8 Å². The number of benzene rings is 1. The maximum Gasteiger partial charge on any atom is 0.213 e. The molecule has 27 heavy (non-hydrogen) atoms. The van der Waals surface area contributed by atoms with E-state index in [0.29, 0.717) is 16.5 Å². The molecule has 0 radical (unpaired) electrons. The highest BCUT2D eigenvalue weighted by molar-refractivity contribution is 8.04. The second-order valence-electron chi connectivity index (χ2n) is 5.81. The van der Waals surface area contributed by atoms with Crippen molar-refractivity contribution >= 4 is 29.5 Å². The molecule has 0 aliphatic carbocycles. The van der Waals surface area contributed by atoms with Gasteiger partial charge in [0.25, 0.3) is 0 Å². The lowest BCUT2D eigenvalue weighted by Crippen LogP contribution is -2.23. The average molecular weight is 390 g/mol. The highest BCUT2D eigenvalue weighted by Gasteiger charge is 2.11. The highest BCUT2D eigenvalue weighted by Crippen LogP contribution is 2.31. The molecule has 0 spiro atoms. The van der Waals surface area contributed by atoms with Crippen molar-refractivity contribution < 1.29 is 14.6 Å². The lowest BCUT2D eigenvalue weighted by molar-refractivity contribution is -0.297. The SMILES string of the molecule is CCCc1nc(S/C(=C\c2ccc(N(CC)CC)cc2OC)C(=O)[O-])n[nH]1. The van der Waals surface area contributed by atoms with Crippen LogP contribution in [0.5, 0.6) is 5.75 Å². The van der Waals surface area contributed by atoms with Gasteiger partial charge in [0.15, 0.2) is 0 Å². The van der Waals surface area contributed by atoms with Gasteiger partial charge in [0.05, 0.1) is 13.1 Å². The predicted octanol–water partition coefficient (Wildman–Crippen LogP) is 2.50. The van der Waals surface area contributed by atoms with E-state index in [4.69, 9.17) is 4.74 Å². The Morgan fingerprint density at radius 2 is 2.07 bits per heavy atom. The molecule has 0 unspecified atom stereocenters. The number of H-pyrrole nitrogens is 1. The van der Waals surface area contributed by atoms with E-state index in [2.05, 4.69) is 33.9 Å². The number of nitrogens with one attached hydrogen (secondary N) is 1. The van der Waals surface area contributed by atoms with Crippen LogP contribution in [0.2, 0.25) is 0 Å². The van der Waals surface area contributed by atoms with Gasteiger partial charge >= 0.3 is 0 Å². The van der Waals surface area contributed by atoms with Crippen molar-refractivity contribution in [2.24, 2.45) is 0 Å². The lowest BCUT2D eigenvalue weighted by Gasteiger charge is -2.22. The number of aryl methyl sites for hydroxylation is 1. The normalized spacial score (nSPS) is 11.5. The minimum Gasteiger partial charge on any atom is -0.544 e. The van der Waals surface area contributed by atoms with E-state index in [1.54, 1.807) is 7.11 Å². The Bertz CT molecular complexity index is 800. The predicted molar refractivity (Wildman–Crippen MR) is 106 cm³/mol. The number of carbonyl (C=O) groups excluding carboxylic acids is 1. The van der Waals surface area contributed by atoms with Crippen LogP contribution in [0.1, 0.15) is 38.6 Å². The number of anilines is 1. The summed E-state index contributed by atoms with van der Waals surface area (Å²) in [6.45, 7) is 7.95. The van der Waals surface area contributed by atoms with Gasteiger partial charge in [0.1, 0.15) is 11.6 Å². The molecule has 0 aliphatic rings. The molecule has 1 heterocycles. The molecule has 146 valence electrons. The Morgan fingerprint density at radius 3 is 2.67 bits per heavy atom. The van der Waals surface area contributed by atoms with Crippen LogP contribution >= 0.6 is 11.8 Å². The van der Waals surface area contributed by atoms with Crippen molar-refractivity contribution in [1.82, 2.24) is 15.2 Å². The van der Waals surface area contributed by atoms with Crippen LogP contribution in [0.4, 0.5) is 5.69 Å². The molecule has 1 aromatic carbocycles. The third-order valence-electron chi connectivity index (χ3n) is 4.03. The summed E-state index contributed by atoms with van der Waals surface area (Å²) in [7, 11) is 1.57. The Kier molecular flexibility index (Phi) is 7.72. The minimum atomic E-state index is -1.28. The zero-order valence-corrected chi connectivity index (χ0v) is 16.9. The van der Waals surface area contributed by atoms with E-state index in [-0.39, 0.29) is 4.91 Å². The number of methoxy groups -OCH3 is 1. The van der Waals surface area contributed by atoms with Crippen LogP contribution in [0.25, 0.3) is 6.08 Å². The molecule has 0 fully saturated rings. The molecule has 0 atom stereocenters. The maximum atomic E-state index is 11.6. The molecule has 2 aromatic rings. The number of aromatic amines is 1. The van der Waals surface area contributed by atoms with Crippen LogP contribution in [0.15, 0.2) is 28.3 Å². The zero-order valence-electron chi connectivity index (χ0n) is 16.1. The van der Waals surface area contributed by atoms with Gasteiger partial charge in [-0.25, -0.2) is 4.98 Å². The number of hydrogen-bond acceptors (Lipinski definition) is 7. The molecule has 0 saturated heterocycles. The molecule has 0 saturated carbocycles. The first kappa shape index (κ1) is 20.8. The first-order valence-corrected chi connectivity index (χ1v) is 9.79. The van der Waals surface area contributed by atoms with Gasteiger partial charge < -0.3 is 19.5 Å². The molecule has 0 bridgehead atoms. The standard InChI is InChI=1S/C19H26N4O3S/c1-5-8-17-20-19(22-21-17)27-16(18(24)25)11-13-9-10-14(12-15(13)26-4)23(6-2)7-3/h9-12H,5-8H2,1-4H3,(H,24,25)(H,20,21,22)/p-1/b16-11-. The molecular weight excluding hydrogens is 364 g/mol. The van der Waals surface area contributed by atoms with Crippen molar-refractivity contribution in [2.75, 3.05) is 25.1 Å². The van der Waals surface area contributed by atoms with E-state index in [9.17, 15) is 9.90 Å². The Hall–Kier alpha value is -2.48. The number of ether oxygens (including phenoxy) is 1. The van der Waals surface area contributed by atoms with Crippen LogP contribution in [0.3, 0.4) is 0 Å². The largest absolute Gasteiger partial charge is 0.544 e. The van der Waals surface area contributed by atoms with Gasteiger partial charge in [0.2, 0.25) is 5.16 Å². The second kappa shape index (κ2) is 10.0. The number of aliphatic carboxylic acids is 1. The number of aromatic nitrogens is 3. The minimum absolute atomic E-state index is 0.0194. The summed E-state index contributed by atoms with van der Waals surface area (Å²) < 4.78 is 5.46. The molecule has 2 rings (SSSR count). The Labute approximate surface area is 163 Å². The van der Waals surface area contributed by atoms with E-state index in [0.717, 1.165) is 49.2 Å². The van der Waals surface area contributed by atoms with Crippen molar-refractivity contribution in [3.05, 3.63) is 34.5 Å². The number of carbonyl (C=O) groups is 1. The number of nitrogens with zero attached hydrogens (tertiary/aromatic N) is 3. The van der Waals surface area contributed by atoms with Crippen LogP contribution < -0.4 is 14.7 Å². The highest BCUT2D eigenvalue weighted by atomic mass is 32.2. The first-order valence-electron chi connectivity index (χ1n) is 8.97. The third kappa shape index (κ3) is 5.50. The summed E-state index contributed by atoms with van der Waals surface area (Å²) >= 11 is 0.957. The van der Waals surface area contributed by atoms with E-state index >= 15 is 0 Å². The average Bonchev–Trinajstić information content (AvgIpc) is 3.10. The fourth-order valence-corrected chi connectivity index (χ4v) is 3.36. The zero-order chi connectivity index (χ0) is 19.8. The lowest BCUT2D eigenvalue weighted by atomic mass is 10.1. The van der Waals surface area contributed by atoms with Gasteiger partial charge in [-0.05, 0) is 50.2 Å². The van der Waals surface area contributed by atoms with Crippen LogP contribution in [-0.4, -0.2) is 41.3 Å². The monoisotopic (exact) mass is 389 g/mol. The van der Waals surface area contributed by atoms with Crippen molar-refractivity contribution in [1.29, 1.82) is 0 Å².